The number of carbonyl (C=O) groups is 2. The van der Waals surface area contributed by atoms with Crippen molar-refractivity contribution >= 4 is 17.6 Å². The van der Waals surface area contributed by atoms with Crippen molar-refractivity contribution in [1.82, 2.24) is 10.3 Å². The Hall–Kier alpha value is -4.27. The highest BCUT2D eigenvalue weighted by Gasteiger charge is 2.27. The van der Waals surface area contributed by atoms with Gasteiger partial charge in [-0.2, -0.15) is 0 Å². The molecule has 0 saturated heterocycles. The number of nitrogens with zero attached hydrogens (tertiary/aromatic N) is 1. The molecule has 1 atom stereocenters. The molecular weight excluding hydrogens is 438 g/mol. The lowest BCUT2D eigenvalue weighted by atomic mass is 10.0. The lowest BCUT2D eigenvalue weighted by molar-refractivity contribution is -0.385. The third kappa shape index (κ3) is 5.94. The summed E-state index contributed by atoms with van der Waals surface area (Å²) in [5.41, 5.74) is 1.42. The van der Waals surface area contributed by atoms with Crippen molar-refractivity contribution in [1.29, 1.82) is 0 Å². The van der Waals surface area contributed by atoms with Crippen LogP contribution in [-0.2, 0) is 9.53 Å². The van der Waals surface area contributed by atoms with E-state index in [1.807, 2.05) is 31.2 Å². The average Bonchev–Trinajstić information content (AvgIpc) is 2.77. The second-order valence-corrected chi connectivity index (χ2v) is 8.07. The third-order valence-electron chi connectivity index (χ3n) is 5.04. The van der Waals surface area contributed by atoms with E-state index in [-0.39, 0.29) is 23.2 Å². The number of hydrogen-bond donors (Lipinski definition) is 2. The standard InChI is InChI=1S/C25H25N3O6/c1-15(2)34-23(29)14-21(18-9-4-5-10-22(18)28(32)33)27-25(31)19-11-12-20(26-24(19)30)17-8-6-7-16(3)13-17/h4-13,15,21H,14H2,1-3H3,(H,26,30)(H,27,31). The molecule has 0 aliphatic rings. The number of nitrogens with one attached hydrogen (secondary N) is 2. The van der Waals surface area contributed by atoms with E-state index in [1.165, 1.54) is 24.3 Å². The number of para-hydroxylation sites is 1. The molecule has 2 N–H and O–H groups in total. The fourth-order valence-electron chi connectivity index (χ4n) is 3.53. The van der Waals surface area contributed by atoms with Crippen molar-refractivity contribution in [3.8, 4) is 11.3 Å². The van der Waals surface area contributed by atoms with Crippen LogP contribution in [0.4, 0.5) is 5.69 Å². The van der Waals surface area contributed by atoms with E-state index >= 15 is 0 Å². The van der Waals surface area contributed by atoms with E-state index in [0.717, 1.165) is 11.1 Å². The fraction of sp³-hybridized carbons (Fsp3) is 0.240. The molecule has 176 valence electrons. The van der Waals surface area contributed by atoms with Gasteiger partial charge in [-0.15, -0.1) is 0 Å². The molecule has 0 fully saturated rings. The molecule has 9 heteroatoms. The smallest absolute Gasteiger partial charge is 0.308 e. The van der Waals surface area contributed by atoms with Gasteiger partial charge in [-0.25, -0.2) is 0 Å². The zero-order valence-electron chi connectivity index (χ0n) is 19.0. The van der Waals surface area contributed by atoms with Crippen LogP contribution in [0.15, 0.2) is 65.5 Å². The highest BCUT2D eigenvalue weighted by atomic mass is 16.6. The lowest BCUT2D eigenvalue weighted by Gasteiger charge is -2.19. The maximum absolute atomic E-state index is 13.0. The molecule has 9 nitrogen and oxygen atoms in total. The Morgan fingerprint density at radius 1 is 1.09 bits per heavy atom. The third-order valence-corrected chi connectivity index (χ3v) is 5.04. The van der Waals surface area contributed by atoms with Gasteiger partial charge >= 0.3 is 5.97 Å². The molecule has 0 aliphatic carbocycles. The monoisotopic (exact) mass is 463 g/mol. The van der Waals surface area contributed by atoms with Crippen LogP contribution in [0.2, 0.25) is 0 Å². The van der Waals surface area contributed by atoms with E-state index in [2.05, 4.69) is 10.3 Å². The molecular formula is C25H25N3O6. The van der Waals surface area contributed by atoms with Crippen LogP contribution in [0.3, 0.4) is 0 Å². The molecule has 3 aromatic rings. The number of benzene rings is 2. The minimum Gasteiger partial charge on any atom is -0.463 e. The Kier molecular flexibility index (Phi) is 7.57. The van der Waals surface area contributed by atoms with Gasteiger partial charge in [0.1, 0.15) is 5.56 Å². The first kappa shape index (κ1) is 24.4. The number of aryl methyl sites for hydroxylation is 1. The summed E-state index contributed by atoms with van der Waals surface area (Å²) in [4.78, 5) is 51.6. The molecule has 1 heterocycles. The van der Waals surface area contributed by atoms with Crippen molar-refractivity contribution in [2.75, 3.05) is 0 Å². The fourth-order valence-corrected chi connectivity index (χ4v) is 3.53. The number of H-pyrrole nitrogens is 1. The van der Waals surface area contributed by atoms with E-state index in [4.69, 9.17) is 4.74 Å². The van der Waals surface area contributed by atoms with Crippen LogP contribution in [0, 0.1) is 17.0 Å². The molecule has 1 unspecified atom stereocenters. The van der Waals surface area contributed by atoms with Crippen molar-refractivity contribution in [3.05, 3.63) is 97.8 Å². The van der Waals surface area contributed by atoms with Crippen LogP contribution in [0.1, 0.15) is 47.8 Å². The minimum atomic E-state index is -1.07. The summed E-state index contributed by atoms with van der Waals surface area (Å²) in [7, 11) is 0. The first-order valence-electron chi connectivity index (χ1n) is 10.7. The van der Waals surface area contributed by atoms with Gasteiger partial charge < -0.3 is 15.0 Å². The van der Waals surface area contributed by atoms with Gasteiger partial charge in [0, 0.05) is 11.8 Å². The predicted octanol–water partition coefficient (Wildman–Crippen LogP) is 4.07. The quantitative estimate of drug-likeness (QED) is 0.294. The molecule has 1 aromatic heterocycles. The predicted molar refractivity (Wildman–Crippen MR) is 126 cm³/mol. The van der Waals surface area contributed by atoms with E-state index < -0.39 is 34.5 Å². The Balaban J connectivity index is 1.92. The van der Waals surface area contributed by atoms with Crippen molar-refractivity contribution in [2.45, 2.75) is 39.3 Å². The highest BCUT2D eigenvalue weighted by molar-refractivity contribution is 5.94. The average molecular weight is 463 g/mol. The maximum Gasteiger partial charge on any atom is 0.308 e. The van der Waals surface area contributed by atoms with Crippen molar-refractivity contribution < 1.29 is 19.2 Å². The number of hydrogen-bond acceptors (Lipinski definition) is 6. The number of pyridine rings is 1. The van der Waals surface area contributed by atoms with Crippen LogP contribution < -0.4 is 10.9 Å². The summed E-state index contributed by atoms with van der Waals surface area (Å²) >= 11 is 0. The van der Waals surface area contributed by atoms with Crippen molar-refractivity contribution in [2.24, 2.45) is 0 Å². The number of carbonyl (C=O) groups excluding carboxylic acids is 2. The zero-order chi connectivity index (χ0) is 24.8. The largest absolute Gasteiger partial charge is 0.463 e. The number of esters is 1. The first-order chi connectivity index (χ1) is 16.2. The van der Waals surface area contributed by atoms with Gasteiger partial charge in [-0.05, 0) is 44.5 Å². The summed E-state index contributed by atoms with van der Waals surface area (Å²) in [6.45, 7) is 5.27. The molecule has 0 aliphatic heterocycles. The highest BCUT2D eigenvalue weighted by Crippen LogP contribution is 2.28. The molecule has 0 radical (unpaired) electrons. The number of aromatic amines is 1. The number of amides is 1. The van der Waals surface area contributed by atoms with E-state index in [0.29, 0.717) is 5.69 Å². The summed E-state index contributed by atoms with van der Waals surface area (Å²) in [6, 6.07) is 15.2. The Morgan fingerprint density at radius 3 is 2.47 bits per heavy atom. The van der Waals surface area contributed by atoms with Gasteiger partial charge in [-0.3, -0.25) is 24.5 Å². The Morgan fingerprint density at radius 2 is 1.82 bits per heavy atom. The minimum absolute atomic E-state index is 0.134. The van der Waals surface area contributed by atoms with Gasteiger partial charge in [0.15, 0.2) is 0 Å². The second-order valence-electron chi connectivity index (χ2n) is 8.07. The maximum atomic E-state index is 13.0. The normalized spacial score (nSPS) is 11.6. The number of aromatic nitrogens is 1. The van der Waals surface area contributed by atoms with Crippen LogP contribution >= 0.6 is 0 Å². The summed E-state index contributed by atoms with van der Waals surface area (Å²) in [6.07, 6.45) is -0.736. The molecule has 0 saturated carbocycles. The number of nitro groups is 1. The van der Waals surface area contributed by atoms with E-state index in [9.17, 15) is 24.5 Å². The molecule has 0 bridgehead atoms. The van der Waals surface area contributed by atoms with Crippen LogP contribution in [0.5, 0.6) is 0 Å². The zero-order valence-corrected chi connectivity index (χ0v) is 19.0. The van der Waals surface area contributed by atoms with E-state index in [1.54, 1.807) is 26.0 Å². The van der Waals surface area contributed by atoms with Gasteiger partial charge in [-0.1, -0.05) is 42.0 Å². The molecule has 2 aromatic carbocycles. The van der Waals surface area contributed by atoms with Crippen LogP contribution in [-0.4, -0.2) is 27.9 Å². The molecule has 0 spiro atoms. The Bertz CT molecular complexity index is 1280. The van der Waals surface area contributed by atoms with Gasteiger partial charge in [0.25, 0.3) is 17.2 Å². The van der Waals surface area contributed by atoms with Crippen molar-refractivity contribution in [3.63, 3.8) is 0 Å². The second kappa shape index (κ2) is 10.6. The SMILES string of the molecule is Cc1cccc(-c2ccc(C(=O)NC(CC(=O)OC(C)C)c3ccccc3[N+](=O)[O-])c(=O)[nH]2)c1. The molecule has 3 rings (SSSR count). The topological polar surface area (TPSA) is 131 Å². The summed E-state index contributed by atoms with van der Waals surface area (Å²) in [5.74, 6) is -1.40. The van der Waals surface area contributed by atoms with Crippen LogP contribution in [0.25, 0.3) is 11.3 Å². The molecule has 34 heavy (non-hydrogen) atoms. The number of nitro benzene ring substituents is 1. The number of rotatable bonds is 8. The first-order valence-corrected chi connectivity index (χ1v) is 10.7. The molecule has 1 amide bonds. The Labute approximate surface area is 195 Å². The number of ether oxygens (including phenoxy) is 1. The summed E-state index contributed by atoms with van der Waals surface area (Å²) in [5, 5.41) is 14.1. The van der Waals surface area contributed by atoms with Gasteiger partial charge in [0.05, 0.1) is 29.1 Å². The lowest BCUT2D eigenvalue weighted by Crippen LogP contribution is -2.34. The van der Waals surface area contributed by atoms with Gasteiger partial charge in [0.2, 0.25) is 0 Å². The summed E-state index contributed by atoms with van der Waals surface area (Å²) < 4.78 is 5.16.